The Kier molecular flexibility index (Phi) is 10.1. The highest BCUT2D eigenvalue weighted by Gasteiger charge is 2.24. The monoisotopic (exact) mass is 545 g/mol. The van der Waals surface area contributed by atoms with E-state index in [2.05, 4.69) is 27.8 Å². The summed E-state index contributed by atoms with van der Waals surface area (Å²) in [6.45, 7) is 5.42. The fraction of sp³-hybridized carbons (Fsp3) is 0.500. The minimum Gasteiger partial charge on any atom is -0.381 e. The number of anilines is 1. The summed E-state index contributed by atoms with van der Waals surface area (Å²) in [6.07, 6.45) is 5.14. The van der Waals surface area contributed by atoms with Gasteiger partial charge in [0.15, 0.2) is 5.96 Å². The largest absolute Gasteiger partial charge is 0.381 e. The first-order chi connectivity index (χ1) is 17.9. The molecule has 2 fully saturated rings. The summed E-state index contributed by atoms with van der Waals surface area (Å²) in [4.78, 5) is 20.1. The van der Waals surface area contributed by atoms with Gasteiger partial charge in [-0.1, -0.05) is 29.3 Å². The Morgan fingerprint density at radius 2 is 1.89 bits per heavy atom. The van der Waals surface area contributed by atoms with E-state index in [4.69, 9.17) is 32.9 Å². The Hall–Kier alpha value is -2.32. The zero-order valence-corrected chi connectivity index (χ0v) is 23.1. The topological polar surface area (TPSA) is 78.0 Å². The first kappa shape index (κ1) is 27.7. The second kappa shape index (κ2) is 13.5. The van der Waals surface area contributed by atoms with E-state index in [-0.39, 0.29) is 5.91 Å². The molecule has 0 unspecified atom stereocenters. The van der Waals surface area contributed by atoms with Gasteiger partial charge < -0.3 is 25.6 Å². The molecule has 4 rings (SSSR count). The van der Waals surface area contributed by atoms with Gasteiger partial charge in [0, 0.05) is 60.6 Å². The van der Waals surface area contributed by atoms with Crippen LogP contribution in [-0.2, 0) is 11.2 Å². The zero-order chi connectivity index (χ0) is 26.2. The lowest BCUT2D eigenvalue weighted by atomic mass is 9.93. The molecule has 2 aromatic carbocycles. The SMILES string of the molecule is COC1CCC(N=C(Nc2ccc(C(=O)NCCc3ccc(Cl)cc3Cl)cc2)N2CCN[C@@H](C)C2)CC1. The third-order valence-corrected chi connectivity index (χ3v) is 7.64. The van der Waals surface area contributed by atoms with Crippen LogP contribution >= 0.6 is 23.2 Å². The van der Waals surface area contributed by atoms with Crippen LogP contribution in [0.2, 0.25) is 10.0 Å². The second-order valence-electron chi connectivity index (χ2n) is 9.86. The number of hydrogen-bond acceptors (Lipinski definition) is 4. The van der Waals surface area contributed by atoms with Crippen molar-refractivity contribution in [3.05, 3.63) is 63.6 Å². The summed E-state index contributed by atoms with van der Waals surface area (Å²) in [5.41, 5.74) is 2.48. The molecule has 3 N–H and O–H groups in total. The van der Waals surface area contributed by atoms with Crippen molar-refractivity contribution >= 4 is 40.8 Å². The van der Waals surface area contributed by atoms with E-state index in [1.807, 2.05) is 30.3 Å². The Morgan fingerprint density at radius 3 is 2.57 bits per heavy atom. The van der Waals surface area contributed by atoms with Crippen LogP contribution < -0.4 is 16.0 Å². The van der Waals surface area contributed by atoms with Gasteiger partial charge in [-0.05, 0) is 81.0 Å². The van der Waals surface area contributed by atoms with E-state index in [1.165, 1.54) is 0 Å². The molecule has 37 heavy (non-hydrogen) atoms. The van der Waals surface area contributed by atoms with Gasteiger partial charge >= 0.3 is 0 Å². The number of guanidine groups is 1. The van der Waals surface area contributed by atoms with Crippen LogP contribution in [0.25, 0.3) is 0 Å². The minimum absolute atomic E-state index is 0.114. The number of amides is 1. The third-order valence-electron chi connectivity index (χ3n) is 7.05. The number of nitrogens with one attached hydrogen (secondary N) is 3. The molecule has 7 nitrogen and oxygen atoms in total. The van der Waals surface area contributed by atoms with Crippen LogP contribution in [0.15, 0.2) is 47.5 Å². The molecule has 0 bridgehead atoms. The lowest BCUT2D eigenvalue weighted by Gasteiger charge is -2.35. The number of piperazine rings is 1. The summed E-state index contributed by atoms with van der Waals surface area (Å²) in [5, 5.41) is 11.2. The van der Waals surface area contributed by atoms with Crippen molar-refractivity contribution < 1.29 is 9.53 Å². The average molecular weight is 547 g/mol. The number of ether oxygens (including phenoxy) is 1. The van der Waals surface area contributed by atoms with Gasteiger partial charge in [0.05, 0.1) is 12.1 Å². The molecule has 2 aromatic rings. The highest BCUT2D eigenvalue weighted by atomic mass is 35.5. The molecule has 200 valence electrons. The number of carbonyl (C=O) groups is 1. The maximum absolute atomic E-state index is 12.7. The highest BCUT2D eigenvalue weighted by molar-refractivity contribution is 6.35. The van der Waals surface area contributed by atoms with Gasteiger partial charge in [-0.15, -0.1) is 0 Å². The Bertz CT molecular complexity index is 1070. The quantitative estimate of drug-likeness (QED) is 0.337. The maximum Gasteiger partial charge on any atom is 0.251 e. The predicted molar refractivity (Wildman–Crippen MR) is 152 cm³/mol. The van der Waals surface area contributed by atoms with Crippen molar-refractivity contribution in [1.29, 1.82) is 0 Å². The molecular weight excluding hydrogens is 509 g/mol. The number of halogens is 2. The summed E-state index contributed by atoms with van der Waals surface area (Å²) in [6, 6.07) is 13.7. The fourth-order valence-electron chi connectivity index (χ4n) is 4.87. The average Bonchev–Trinajstić information content (AvgIpc) is 2.90. The number of hydrogen-bond donors (Lipinski definition) is 3. The van der Waals surface area contributed by atoms with Crippen molar-refractivity contribution in [2.45, 2.75) is 57.2 Å². The Balaban J connectivity index is 1.36. The van der Waals surface area contributed by atoms with Crippen LogP contribution in [0.4, 0.5) is 5.69 Å². The molecule has 1 saturated heterocycles. The number of nitrogens with zero attached hydrogens (tertiary/aromatic N) is 2. The lowest BCUT2D eigenvalue weighted by Crippen LogP contribution is -2.53. The van der Waals surface area contributed by atoms with E-state index in [0.29, 0.717) is 46.8 Å². The predicted octanol–water partition coefficient (Wildman–Crippen LogP) is 4.99. The van der Waals surface area contributed by atoms with Crippen LogP contribution in [-0.4, -0.2) is 68.2 Å². The van der Waals surface area contributed by atoms with Crippen LogP contribution in [0.1, 0.15) is 48.5 Å². The summed E-state index contributed by atoms with van der Waals surface area (Å²) in [7, 11) is 1.79. The van der Waals surface area contributed by atoms with Gasteiger partial charge in [0.1, 0.15) is 0 Å². The molecule has 1 saturated carbocycles. The van der Waals surface area contributed by atoms with Crippen molar-refractivity contribution in [2.24, 2.45) is 4.99 Å². The van der Waals surface area contributed by atoms with Crippen LogP contribution in [0.5, 0.6) is 0 Å². The summed E-state index contributed by atoms with van der Waals surface area (Å²) < 4.78 is 5.53. The molecule has 0 aromatic heterocycles. The summed E-state index contributed by atoms with van der Waals surface area (Å²) in [5.74, 6) is 0.794. The van der Waals surface area contributed by atoms with E-state index in [1.54, 1.807) is 19.2 Å². The van der Waals surface area contributed by atoms with Crippen molar-refractivity contribution in [2.75, 3.05) is 38.6 Å². The molecule has 1 heterocycles. The molecule has 0 spiro atoms. The normalized spacial score (nSPS) is 22.5. The van der Waals surface area contributed by atoms with E-state index < -0.39 is 0 Å². The van der Waals surface area contributed by atoms with Crippen molar-refractivity contribution in [3.8, 4) is 0 Å². The van der Waals surface area contributed by atoms with E-state index in [0.717, 1.165) is 62.5 Å². The molecule has 0 radical (unpaired) electrons. The number of rotatable bonds is 7. The van der Waals surface area contributed by atoms with Gasteiger partial charge in [0.2, 0.25) is 0 Å². The Morgan fingerprint density at radius 1 is 1.14 bits per heavy atom. The Labute approximate surface area is 230 Å². The second-order valence-corrected chi connectivity index (χ2v) is 10.7. The molecule has 1 amide bonds. The van der Waals surface area contributed by atoms with Crippen molar-refractivity contribution in [1.82, 2.24) is 15.5 Å². The lowest BCUT2D eigenvalue weighted by molar-refractivity contribution is 0.0665. The highest BCUT2D eigenvalue weighted by Crippen LogP contribution is 2.24. The number of methoxy groups -OCH3 is 1. The van der Waals surface area contributed by atoms with Crippen LogP contribution in [0, 0.1) is 0 Å². The van der Waals surface area contributed by atoms with E-state index in [9.17, 15) is 4.79 Å². The first-order valence-corrected chi connectivity index (χ1v) is 13.8. The maximum atomic E-state index is 12.7. The molecule has 1 atom stereocenters. The zero-order valence-electron chi connectivity index (χ0n) is 21.6. The fourth-order valence-corrected chi connectivity index (χ4v) is 5.37. The molecule has 1 aliphatic heterocycles. The van der Waals surface area contributed by atoms with Crippen molar-refractivity contribution in [3.63, 3.8) is 0 Å². The number of carbonyl (C=O) groups excluding carboxylic acids is 1. The van der Waals surface area contributed by atoms with Gasteiger partial charge in [-0.2, -0.15) is 0 Å². The molecule has 2 aliphatic rings. The summed E-state index contributed by atoms with van der Waals surface area (Å²) >= 11 is 12.2. The van der Waals surface area contributed by atoms with Gasteiger partial charge in [-0.3, -0.25) is 4.79 Å². The molecular formula is C28H37Cl2N5O2. The van der Waals surface area contributed by atoms with E-state index >= 15 is 0 Å². The molecule has 1 aliphatic carbocycles. The van der Waals surface area contributed by atoms with Gasteiger partial charge in [-0.25, -0.2) is 4.99 Å². The minimum atomic E-state index is -0.114. The number of aliphatic imine (C=N–C) groups is 1. The standard InChI is InChI=1S/C28H37Cl2N5O2/c1-19-18-35(16-15-31-19)28(34-24-9-11-25(37-2)12-10-24)33-23-7-4-21(5-8-23)27(36)32-14-13-20-3-6-22(29)17-26(20)30/h3-8,17,19,24-25,31H,9-16,18H2,1-2H3,(H,32,36)(H,33,34)/t19-,24?,25?/m0/s1. The van der Waals surface area contributed by atoms with Gasteiger partial charge in [0.25, 0.3) is 5.91 Å². The molecule has 9 heteroatoms. The third kappa shape index (κ3) is 8.08. The number of benzene rings is 2. The first-order valence-electron chi connectivity index (χ1n) is 13.1. The smallest absolute Gasteiger partial charge is 0.251 e. The van der Waals surface area contributed by atoms with Crippen LogP contribution in [0.3, 0.4) is 0 Å².